The standard InChI is InChI=1S/C15H16BrN3OS/c16-14-13(2-1-4-17-14)15(20)19-7-5-18(6-8-19)10-12-3-9-21-11-12/h1-4,9,11H,5-8,10H2. The van der Waals surface area contributed by atoms with Gasteiger partial charge in [-0.05, 0) is 50.5 Å². The molecule has 4 nitrogen and oxygen atoms in total. The van der Waals surface area contributed by atoms with Gasteiger partial charge < -0.3 is 4.90 Å². The topological polar surface area (TPSA) is 36.4 Å². The molecule has 0 aliphatic carbocycles. The number of thiophene rings is 1. The van der Waals surface area contributed by atoms with Crippen LogP contribution in [0.1, 0.15) is 15.9 Å². The molecule has 3 rings (SSSR count). The fourth-order valence-electron chi connectivity index (χ4n) is 2.47. The Hall–Kier alpha value is -1.24. The van der Waals surface area contributed by atoms with Crippen molar-refractivity contribution in [1.29, 1.82) is 0 Å². The van der Waals surface area contributed by atoms with Crippen LogP contribution in [0.25, 0.3) is 0 Å². The van der Waals surface area contributed by atoms with Crippen molar-refractivity contribution in [2.75, 3.05) is 26.2 Å². The van der Waals surface area contributed by atoms with E-state index in [9.17, 15) is 4.79 Å². The molecule has 0 aromatic carbocycles. The second-order valence-corrected chi connectivity index (χ2v) is 6.57. The molecule has 2 aromatic rings. The number of amides is 1. The third-order valence-electron chi connectivity index (χ3n) is 3.64. The van der Waals surface area contributed by atoms with Crippen molar-refractivity contribution >= 4 is 33.2 Å². The Bertz CT molecular complexity index is 609. The molecule has 1 aliphatic heterocycles. The zero-order valence-corrected chi connectivity index (χ0v) is 13.9. The van der Waals surface area contributed by atoms with E-state index in [-0.39, 0.29) is 5.91 Å². The van der Waals surface area contributed by atoms with E-state index >= 15 is 0 Å². The molecule has 1 fully saturated rings. The van der Waals surface area contributed by atoms with Crippen molar-refractivity contribution in [2.45, 2.75) is 6.54 Å². The highest BCUT2D eigenvalue weighted by Crippen LogP contribution is 2.17. The fraction of sp³-hybridized carbons (Fsp3) is 0.333. The number of piperazine rings is 1. The summed E-state index contributed by atoms with van der Waals surface area (Å²) in [5, 5.41) is 4.29. The highest BCUT2D eigenvalue weighted by Gasteiger charge is 2.23. The summed E-state index contributed by atoms with van der Waals surface area (Å²) < 4.78 is 0.621. The first-order valence-electron chi connectivity index (χ1n) is 6.87. The van der Waals surface area contributed by atoms with E-state index < -0.39 is 0 Å². The van der Waals surface area contributed by atoms with Crippen molar-refractivity contribution in [3.05, 3.63) is 50.9 Å². The third kappa shape index (κ3) is 3.51. The molecule has 0 N–H and O–H groups in total. The second kappa shape index (κ2) is 6.68. The van der Waals surface area contributed by atoms with Crippen LogP contribution < -0.4 is 0 Å². The van der Waals surface area contributed by atoms with Gasteiger partial charge in [-0.2, -0.15) is 11.3 Å². The lowest BCUT2D eigenvalue weighted by Crippen LogP contribution is -2.48. The maximum absolute atomic E-state index is 12.5. The quantitative estimate of drug-likeness (QED) is 0.784. The molecule has 0 radical (unpaired) electrons. The SMILES string of the molecule is O=C(c1cccnc1Br)N1CCN(Cc2ccsc2)CC1. The molecule has 0 atom stereocenters. The van der Waals surface area contributed by atoms with Gasteiger partial charge in [-0.1, -0.05) is 0 Å². The molecule has 0 unspecified atom stereocenters. The minimum atomic E-state index is 0.0603. The summed E-state index contributed by atoms with van der Waals surface area (Å²) >= 11 is 5.08. The summed E-state index contributed by atoms with van der Waals surface area (Å²) in [5.41, 5.74) is 2.00. The van der Waals surface area contributed by atoms with Gasteiger partial charge in [-0.25, -0.2) is 4.98 Å². The third-order valence-corrected chi connectivity index (χ3v) is 5.00. The number of carbonyl (C=O) groups is 1. The Morgan fingerprint density at radius 1 is 1.29 bits per heavy atom. The first-order chi connectivity index (χ1) is 10.2. The molecule has 1 aliphatic rings. The van der Waals surface area contributed by atoms with E-state index in [1.54, 1.807) is 23.6 Å². The van der Waals surface area contributed by atoms with Crippen LogP contribution in [0.3, 0.4) is 0 Å². The largest absolute Gasteiger partial charge is 0.336 e. The van der Waals surface area contributed by atoms with Crippen LogP contribution in [0.4, 0.5) is 0 Å². The molecule has 6 heteroatoms. The van der Waals surface area contributed by atoms with E-state index in [1.165, 1.54) is 5.56 Å². The zero-order chi connectivity index (χ0) is 14.7. The Morgan fingerprint density at radius 3 is 2.76 bits per heavy atom. The minimum absolute atomic E-state index is 0.0603. The number of rotatable bonds is 3. The summed E-state index contributed by atoms with van der Waals surface area (Å²) in [7, 11) is 0. The van der Waals surface area contributed by atoms with Gasteiger partial charge in [-0.3, -0.25) is 9.69 Å². The van der Waals surface area contributed by atoms with Crippen LogP contribution in [0.5, 0.6) is 0 Å². The Morgan fingerprint density at radius 2 is 2.10 bits per heavy atom. The molecule has 1 saturated heterocycles. The first kappa shape index (κ1) is 14.7. The zero-order valence-electron chi connectivity index (χ0n) is 11.5. The van der Waals surface area contributed by atoms with Crippen molar-refractivity contribution in [2.24, 2.45) is 0 Å². The normalized spacial score (nSPS) is 16.1. The Labute approximate surface area is 136 Å². The maximum Gasteiger partial charge on any atom is 0.256 e. The summed E-state index contributed by atoms with van der Waals surface area (Å²) in [6, 6.07) is 5.77. The molecule has 3 heterocycles. The van der Waals surface area contributed by atoms with E-state index in [2.05, 4.69) is 42.6 Å². The van der Waals surface area contributed by atoms with Crippen LogP contribution in [-0.2, 0) is 6.54 Å². The second-order valence-electron chi connectivity index (χ2n) is 5.04. The number of pyridine rings is 1. The molecule has 0 saturated carbocycles. The minimum Gasteiger partial charge on any atom is -0.336 e. The highest BCUT2D eigenvalue weighted by molar-refractivity contribution is 9.10. The monoisotopic (exact) mass is 365 g/mol. The van der Waals surface area contributed by atoms with Gasteiger partial charge in [0, 0.05) is 38.9 Å². The summed E-state index contributed by atoms with van der Waals surface area (Å²) in [6.45, 7) is 4.34. The molecule has 2 aromatic heterocycles. The van der Waals surface area contributed by atoms with E-state index in [4.69, 9.17) is 0 Å². The maximum atomic E-state index is 12.5. The Balaban J connectivity index is 1.58. The van der Waals surface area contributed by atoms with Gasteiger partial charge in [0.05, 0.1) is 5.56 Å². The molecule has 0 bridgehead atoms. The van der Waals surface area contributed by atoms with Crippen LogP contribution >= 0.6 is 27.3 Å². The predicted octanol–water partition coefficient (Wildman–Crippen LogP) is 2.86. The van der Waals surface area contributed by atoms with Crippen LogP contribution in [-0.4, -0.2) is 46.9 Å². The molecule has 0 spiro atoms. The fourth-order valence-corrected chi connectivity index (χ4v) is 3.55. The predicted molar refractivity (Wildman–Crippen MR) is 87.4 cm³/mol. The van der Waals surface area contributed by atoms with Crippen molar-refractivity contribution in [3.8, 4) is 0 Å². The Kier molecular flexibility index (Phi) is 4.67. The van der Waals surface area contributed by atoms with Gasteiger partial charge in [0.2, 0.25) is 0 Å². The van der Waals surface area contributed by atoms with Crippen LogP contribution in [0.2, 0.25) is 0 Å². The van der Waals surface area contributed by atoms with Crippen molar-refractivity contribution < 1.29 is 4.79 Å². The van der Waals surface area contributed by atoms with E-state index in [1.807, 2.05) is 11.0 Å². The van der Waals surface area contributed by atoms with Gasteiger partial charge in [0.25, 0.3) is 5.91 Å². The van der Waals surface area contributed by atoms with Gasteiger partial charge in [-0.15, -0.1) is 0 Å². The lowest BCUT2D eigenvalue weighted by atomic mass is 10.2. The van der Waals surface area contributed by atoms with Gasteiger partial charge >= 0.3 is 0 Å². The average molecular weight is 366 g/mol. The molecular formula is C15H16BrN3OS. The lowest BCUT2D eigenvalue weighted by molar-refractivity contribution is 0.0627. The number of nitrogens with zero attached hydrogens (tertiary/aromatic N) is 3. The van der Waals surface area contributed by atoms with E-state index in [0.717, 1.165) is 32.7 Å². The number of halogens is 1. The van der Waals surface area contributed by atoms with Gasteiger partial charge in [0.1, 0.15) is 4.60 Å². The van der Waals surface area contributed by atoms with Crippen molar-refractivity contribution in [3.63, 3.8) is 0 Å². The number of carbonyl (C=O) groups excluding carboxylic acids is 1. The summed E-state index contributed by atoms with van der Waals surface area (Å²) in [6.07, 6.45) is 1.68. The smallest absolute Gasteiger partial charge is 0.256 e. The molecular weight excluding hydrogens is 350 g/mol. The van der Waals surface area contributed by atoms with E-state index in [0.29, 0.717) is 10.2 Å². The summed E-state index contributed by atoms with van der Waals surface area (Å²) in [5.74, 6) is 0.0603. The lowest BCUT2D eigenvalue weighted by Gasteiger charge is -2.34. The highest BCUT2D eigenvalue weighted by atomic mass is 79.9. The molecule has 1 amide bonds. The molecule has 21 heavy (non-hydrogen) atoms. The average Bonchev–Trinajstić information content (AvgIpc) is 3.01. The van der Waals surface area contributed by atoms with Crippen LogP contribution in [0.15, 0.2) is 39.8 Å². The van der Waals surface area contributed by atoms with Crippen molar-refractivity contribution in [1.82, 2.24) is 14.8 Å². The van der Waals surface area contributed by atoms with Crippen LogP contribution in [0, 0.1) is 0 Å². The number of hydrogen-bond donors (Lipinski definition) is 0. The molecule has 110 valence electrons. The first-order valence-corrected chi connectivity index (χ1v) is 8.61. The number of hydrogen-bond acceptors (Lipinski definition) is 4. The summed E-state index contributed by atoms with van der Waals surface area (Å²) in [4.78, 5) is 20.9. The number of aromatic nitrogens is 1. The van der Waals surface area contributed by atoms with Gasteiger partial charge in [0.15, 0.2) is 0 Å².